The predicted molar refractivity (Wildman–Crippen MR) is 42.4 cm³/mol. The predicted octanol–water partition coefficient (Wildman–Crippen LogP) is 1.56. The molecule has 1 aliphatic carbocycles. The molecule has 2 unspecified atom stereocenters. The zero-order valence-electron chi connectivity index (χ0n) is 5.79. The van der Waals surface area contributed by atoms with Crippen molar-refractivity contribution < 1.29 is 9.90 Å². The molecule has 2 atom stereocenters. The summed E-state index contributed by atoms with van der Waals surface area (Å²) in [5, 5.41) is 8.88. The van der Waals surface area contributed by atoms with E-state index in [9.17, 15) is 4.79 Å². The first-order valence-electron chi connectivity index (χ1n) is 3.58. The Morgan fingerprint density at radius 1 is 1.60 bits per heavy atom. The number of thiol groups is 1. The molecule has 2 nitrogen and oxygen atoms in total. The molecular formula is C7H12O2S. The fourth-order valence-corrected chi connectivity index (χ4v) is 1.93. The van der Waals surface area contributed by atoms with Crippen molar-refractivity contribution in [3.63, 3.8) is 0 Å². The van der Waals surface area contributed by atoms with Gasteiger partial charge in [0.05, 0.1) is 0 Å². The number of aliphatic carboxylic acids is 1. The average Bonchev–Trinajstić information content (AvgIpc) is 2.13. The molecule has 10 heavy (non-hydrogen) atoms. The van der Waals surface area contributed by atoms with Gasteiger partial charge in [0.2, 0.25) is 0 Å². The minimum Gasteiger partial charge on any atom is -0.481 e. The van der Waals surface area contributed by atoms with Gasteiger partial charge in [-0.15, -0.1) is 0 Å². The van der Waals surface area contributed by atoms with E-state index in [2.05, 4.69) is 12.6 Å². The van der Waals surface area contributed by atoms with Crippen LogP contribution >= 0.6 is 12.6 Å². The summed E-state index contributed by atoms with van der Waals surface area (Å²) in [7, 11) is 0. The van der Waals surface area contributed by atoms with E-state index in [1.54, 1.807) is 0 Å². The van der Waals surface area contributed by atoms with Crippen molar-refractivity contribution in [3.8, 4) is 0 Å². The van der Waals surface area contributed by atoms with Gasteiger partial charge >= 0.3 is 5.97 Å². The highest BCUT2D eigenvalue weighted by atomic mass is 32.1. The van der Waals surface area contributed by atoms with Gasteiger partial charge in [-0.1, -0.05) is 0 Å². The van der Waals surface area contributed by atoms with Crippen LogP contribution in [0.2, 0.25) is 0 Å². The first-order chi connectivity index (χ1) is 4.68. The maximum atomic E-state index is 10.2. The van der Waals surface area contributed by atoms with Crippen LogP contribution < -0.4 is 0 Å². The molecule has 1 aliphatic rings. The summed E-state index contributed by atoms with van der Waals surface area (Å²) in [4.78, 5) is 10.2. The monoisotopic (exact) mass is 160 g/mol. The van der Waals surface area contributed by atoms with Gasteiger partial charge in [0.15, 0.2) is 0 Å². The summed E-state index contributed by atoms with van der Waals surface area (Å²) in [6.45, 7) is 0. The van der Waals surface area contributed by atoms with E-state index in [0.717, 1.165) is 19.3 Å². The normalized spacial score (nSPS) is 32.5. The highest BCUT2D eigenvalue weighted by Gasteiger charge is 2.23. The van der Waals surface area contributed by atoms with Crippen LogP contribution in [-0.4, -0.2) is 16.3 Å². The summed E-state index contributed by atoms with van der Waals surface area (Å²) >= 11 is 4.28. The van der Waals surface area contributed by atoms with E-state index < -0.39 is 5.97 Å². The third-order valence-electron chi connectivity index (χ3n) is 1.98. The Bertz CT molecular complexity index is 136. The van der Waals surface area contributed by atoms with Crippen molar-refractivity contribution in [2.45, 2.75) is 30.9 Å². The van der Waals surface area contributed by atoms with Crippen LogP contribution in [-0.2, 0) is 4.79 Å². The SMILES string of the molecule is O=C(O)CC1CCC(S)C1. The number of hydrogen-bond acceptors (Lipinski definition) is 2. The van der Waals surface area contributed by atoms with Crippen LogP contribution in [0.5, 0.6) is 0 Å². The third-order valence-corrected chi connectivity index (χ3v) is 2.45. The minimum absolute atomic E-state index is 0.330. The number of hydrogen-bond donors (Lipinski definition) is 2. The van der Waals surface area contributed by atoms with Gasteiger partial charge in [0.25, 0.3) is 0 Å². The molecule has 0 aromatic heterocycles. The Hall–Kier alpha value is -0.180. The highest BCUT2D eigenvalue weighted by molar-refractivity contribution is 7.80. The molecule has 0 aromatic carbocycles. The van der Waals surface area contributed by atoms with Crippen LogP contribution in [0.3, 0.4) is 0 Å². The Morgan fingerprint density at radius 3 is 2.70 bits per heavy atom. The smallest absolute Gasteiger partial charge is 0.303 e. The number of carbonyl (C=O) groups is 1. The van der Waals surface area contributed by atoms with Gasteiger partial charge in [0.1, 0.15) is 0 Å². The van der Waals surface area contributed by atoms with Crippen molar-refractivity contribution in [2.24, 2.45) is 5.92 Å². The first kappa shape index (κ1) is 7.92. The molecule has 0 radical (unpaired) electrons. The number of carboxylic acid groups (broad SMARTS) is 1. The topological polar surface area (TPSA) is 37.3 Å². The zero-order valence-corrected chi connectivity index (χ0v) is 6.68. The molecule has 0 heterocycles. The van der Waals surface area contributed by atoms with Crippen LogP contribution in [0.25, 0.3) is 0 Å². The average molecular weight is 160 g/mol. The van der Waals surface area contributed by atoms with E-state index in [1.807, 2.05) is 0 Å². The molecule has 0 aromatic rings. The lowest BCUT2D eigenvalue weighted by Crippen LogP contribution is -2.04. The first-order valence-corrected chi connectivity index (χ1v) is 4.10. The summed E-state index contributed by atoms with van der Waals surface area (Å²) in [6, 6.07) is 0. The van der Waals surface area contributed by atoms with Crippen molar-refractivity contribution in [2.75, 3.05) is 0 Å². The Kier molecular flexibility index (Phi) is 2.60. The highest BCUT2D eigenvalue weighted by Crippen LogP contribution is 2.31. The number of rotatable bonds is 2. The molecule has 1 fully saturated rings. The van der Waals surface area contributed by atoms with Crippen LogP contribution in [0.1, 0.15) is 25.7 Å². The van der Waals surface area contributed by atoms with Crippen molar-refractivity contribution in [3.05, 3.63) is 0 Å². The molecule has 0 spiro atoms. The lowest BCUT2D eigenvalue weighted by molar-refractivity contribution is -0.138. The lowest BCUT2D eigenvalue weighted by atomic mass is 10.1. The fourth-order valence-electron chi connectivity index (χ4n) is 1.48. The van der Waals surface area contributed by atoms with Crippen molar-refractivity contribution in [1.82, 2.24) is 0 Å². The summed E-state index contributed by atoms with van der Waals surface area (Å²) < 4.78 is 0. The van der Waals surface area contributed by atoms with Crippen molar-refractivity contribution >= 4 is 18.6 Å². The Balaban J connectivity index is 2.24. The standard InChI is InChI=1S/C7H12O2S/c8-7(9)4-5-1-2-6(10)3-5/h5-6,10H,1-4H2,(H,8,9). The molecule has 0 saturated heterocycles. The molecule has 1 N–H and O–H groups in total. The largest absolute Gasteiger partial charge is 0.481 e. The van der Waals surface area contributed by atoms with Gasteiger partial charge in [-0.3, -0.25) is 4.79 Å². The van der Waals surface area contributed by atoms with E-state index in [0.29, 0.717) is 17.6 Å². The van der Waals surface area contributed by atoms with Gasteiger partial charge in [-0.2, -0.15) is 12.6 Å². The molecule has 0 amide bonds. The molecule has 1 saturated carbocycles. The molecular weight excluding hydrogens is 148 g/mol. The van der Waals surface area contributed by atoms with E-state index in [1.165, 1.54) is 0 Å². The molecule has 0 aliphatic heterocycles. The Labute approximate surface area is 66.0 Å². The summed E-state index contributed by atoms with van der Waals surface area (Å²) in [6.07, 6.45) is 3.44. The van der Waals surface area contributed by atoms with Gasteiger partial charge in [-0.25, -0.2) is 0 Å². The Morgan fingerprint density at radius 2 is 2.30 bits per heavy atom. The molecule has 58 valence electrons. The summed E-state index contributed by atoms with van der Waals surface area (Å²) in [5.74, 6) is -0.285. The molecule has 3 heteroatoms. The maximum absolute atomic E-state index is 10.2. The zero-order chi connectivity index (χ0) is 7.56. The fraction of sp³-hybridized carbons (Fsp3) is 0.857. The minimum atomic E-state index is -0.674. The quantitative estimate of drug-likeness (QED) is 0.601. The second-order valence-corrected chi connectivity index (χ2v) is 3.66. The molecule has 1 rings (SSSR count). The van der Waals surface area contributed by atoms with Gasteiger partial charge in [-0.05, 0) is 25.2 Å². The van der Waals surface area contributed by atoms with Crippen LogP contribution in [0.15, 0.2) is 0 Å². The molecule has 0 bridgehead atoms. The lowest BCUT2D eigenvalue weighted by Gasteiger charge is -2.03. The van der Waals surface area contributed by atoms with E-state index in [-0.39, 0.29) is 0 Å². The number of carboxylic acids is 1. The second-order valence-electron chi connectivity index (χ2n) is 2.93. The van der Waals surface area contributed by atoms with Gasteiger partial charge < -0.3 is 5.11 Å². The van der Waals surface area contributed by atoms with Crippen molar-refractivity contribution in [1.29, 1.82) is 0 Å². The van der Waals surface area contributed by atoms with Gasteiger partial charge in [0, 0.05) is 11.7 Å². The summed E-state index contributed by atoms with van der Waals surface area (Å²) in [5.41, 5.74) is 0. The van der Waals surface area contributed by atoms with E-state index in [4.69, 9.17) is 5.11 Å². The second kappa shape index (κ2) is 3.28. The van der Waals surface area contributed by atoms with Crippen LogP contribution in [0, 0.1) is 5.92 Å². The van der Waals surface area contributed by atoms with E-state index >= 15 is 0 Å². The third kappa shape index (κ3) is 2.21. The van der Waals surface area contributed by atoms with Crippen LogP contribution in [0.4, 0.5) is 0 Å². The maximum Gasteiger partial charge on any atom is 0.303 e.